The van der Waals surface area contributed by atoms with Gasteiger partial charge in [0.25, 0.3) is 0 Å². The zero-order chi connectivity index (χ0) is 13.2. The molecule has 0 radical (unpaired) electrons. The van der Waals surface area contributed by atoms with E-state index in [9.17, 15) is 0 Å². The molecule has 0 bridgehead atoms. The molecular weight excluding hydrogens is 242 g/mol. The normalized spacial score (nSPS) is 10.6. The van der Waals surface area contributed by atoms with Gasteiger partial charge in [0, 0.05) is 24.6 Å². The summed E-state index contributed by atoms with van der Waals surface area (Å²) >= 11 is 1.89. The molecule has 100 valence electrons. The lowest BCUT2D eigenvalue weighted by Gasteiger charge is -2.11. The van der Waals surface area contributed by atoms with Gasteiger partial charge in [0.05, 0.1) is 6.10 Å². The zero-order valence-electron chi connectivity index (χ0n) is 11.3. The van der Waals surface area contributed by atoms with E-state index in [-0.39, 0.29) is 6.10 Å². The van der Waals surface area contributed by atoms with Gasteiger partial charge in [0.2, 0.25) is 0 Å². The molecule has 3 heteroatoms. The predicted molar refractivity (Wildman–Crippen MR) is 81.4 cm³/mol. The highest BCUT2D eigenvalue weighted by Crippen LogP contribution is 2.14. The molecule has 18 heavy (non-hydrogen) atoms. The fraction of sp³-hybridized carbons (Fsp3) is 0.467. The maximum Gasteiger partial charge on any atom is 0.120 e. The number of ether oxygens (including phenoxy) is 1. The molecule has 0 aliphatic carbocycles. The van der Waals surface area contributed by atoms with Crippen LogP contribution in [0.3, 0.4) is 0 Å². The van der Waals surface area contributed by atoms with Gasteiger partial charge in [-0.15, -0.1) is 6.58 Å². The minimum Gasteiger partial charge on any atom is -0.491 e. The first-order chi connectivity index (χ1) is 8.72. The molecule has 1 N–H and O–H groups in total. The quantitative estimate of drug-likeness (QED) is 0.545. The smallest absolute Gasteiger partial charge is 0.120 e. The van der Waals surface area contributed by atoms with Crippen LogP contribution in [-0.4, -0.2) is 24.2 Å². The molecule has 0 aliphatic heterocycles. The van der Waals surface area contributed by atoms with Crippen LogP contribution < -0.4 is 10.1 Å². The van der Waals surface area contributed by atoms with Gasteiger partial charge in [-0.2, -0.15) is 11.8 Å². The maximum absolute atomic E-state index is 5.67. The van der Waals surface area contributed by atoms with Gasteiger partial charge >= 0.3 is 0 Å². The van der Waals surface area contributed by atoms with Crippen molar-refractivity contribution in [2.24, 2.45) is 0 Å². The lowest BCUT2D eigenvalue weighted by molar-refractivity contribution is 0.242. The Morgan fingerprint density at radius 3 is 3.00 bits per heavy atom. The van der Waals surface area contributed by atoms with Crippen molar-refractivity contribution in [2.45, 2.75) is 26.5 Å². The summed E-state index contributed by atoms with van der Waals surface area (Å²) < 4.78 is 5.67. The number of rotatable bonds is 9. The number of benzene rings is 1. The molecule has 0 amide bonds. The van der Waals surface area contributed by atoms with Crippen LogP contribution in [0.4, 0.5) is 0 Å². The zero-order valence-corrected chi connectivity index (χ0v) is 12.1. The van der Waals surface area contributed by atoms with Crippen molar-refractivity contribution in [1.82, 2.24) is 5.32 Å². The van der Waals surface area contributed by atoms with Crippen LogP contribution in [0.1, 0.15) is 19.4 Å². The van der Waals surface area contributed by atoms with Gasteiger partial charge in [-0.05, 0) is 31.5 Å². The molecule has 0 fully saturated rings. The summed E-state index contributed by atoms with van der Waals surface area (Å²) in [5.41, 5.74) is 1.27. The van der Waals surface area contributed by atoms with Gasteiger partial charge < -0.3 is 10.1 Å². The summed E-state index contributed by atoms with van der Waals surface area (Å²) in [4.78, 5) is 0. The highest BCUT2D eigenvalue weighted by atomic mass is 32.2. The molecule has 0 aliphatic rings. The van der Waals surface area contributed by atoms with Crippen LogP contribution >= 0.6 is 11.8 Å². The first kappa shape index (κ1) is 15.1. The molecule has 0 heterocycles. The topological polar surface area (TPSA) is 21.3 Å². The number of hydrogen-bond donors (Lipinski definition) is 1. The Kier molecular flexibility index (Phi) is 7.62. The third-order valence-electron chi connectivity index (χ3n) is 2.26. The second-order valence-electron chi connectivity index (χ2n) is 4.35. The minimum atomic E-state index is 0.225. The maximum atomic E-state index is 5.67. The van der Waals surface area contributed by atoms with Gasteiger partial charge in [-0.1, -0.05) is 18.2 Å². The van der Waals surface area contributed by atoms with Crippen molar-refractivity contribution < 1.29 is 4.74 Å². The number of nitrogens with one attached hydrogen (secondary N) is 1. The van der Waals surface area contributed by atoms with Crippen molar-refractivity contribution in [1.29, 1.82) is 0 Å². The molecule has 0 saturated heterocycles. The van der Waals surface area contributed by atoms with E-state index in [1.54, 1.807) is 0 Å². The highest BCUT2D eigenvalue weighted by molar-refractivity contribution is 7.99. The van der Waals surface area contributed by atoms with Gasteiger partial charge in [-0.25, -0.2) is 0 Å². The Hall–Kier alpha value is -0.930. The second-order valence-corrected chi connectivity index (χ2v) is 5.50. The fourth-order valence-corrected chi connectivity index (χ4v) is 2.17. The van der Waals surface area contributed by atoms with Crippen LogP contribution in [0.2, 0.25) is 0 Å². The Morgan fingerprint density at radius 1 is 1.44 bits per heavy atom. The van der Waals surface area contributed by atoms with E-state index in [2.05, 4.69) is 24.0 Å². The first-order valence-electron chi connectivity index (χ1n) is 6.37. The van der Waals surface area contributed by atoms with Crippen LogP contribution in [0, 0.1) is 0 Å². The highest BCUT2D eigenvalue weighted by Gasteiger charge is 1.99. The molecule has 1 rings (SSSR count). The van der Waals surface area contributed by atoms with Gasteiger partial charge in [0.15, 0.2) is 0 Å². The second kappa shape index (κ2) is 9.06. The van der Waals surface area contributed by atoms with Gasteiger partial charge in [-0.3, -0.25) is 0 Å². The summed E-state index contributed by atoms with van der Waals surface area (Å²) in [5.74, 6) is 3.10. The summed E-state index contributed by atoms with van der Waals surface area (Å²) in [6, 6.07) is 8.27. The molecule has 0 atom stereocenters. The van der Waals surface area contributed by atoms with Crippen LogP contribution in [-0.2, 0) is 6.54 Å². The molecule has 1 aromatic carbocycles. The van der Waals surface area contributed by atoms with Crippen molar-refractivity contribution in [3.8, 4) is 5.75 Å². The van der Waals surface area contributed by atoms with E-state index in [0.29, 0.717) is 0 Å². The van der Waals surface area contributed by atoms with E-state index in [0.717, 1.165) is 30.3 Å². The van der Waals surface area contributed by atoms with E-state index in [4.69, 9.17) is 4.74 Å². The Labute approximate surface area is 115 Å². The minimum absolute atomic E-state index is 0.225. The Balaban J connectivity index is 2.27. The standard InChI is InChI=1S/C15H23NOS/c1-4-9-18-10-8-16-12-14-6-5-7-15(11-14)17-13(2)3/h4-7,11,13,16H,1,8-10,12H2,2-3H3. The van der Waals surface area contributed by atoms with Crippen molar-refractivity contribution in [2.75, 3.05) is 18.1 Å². The van der Waals surface area contributed by atoms with E-state index in [1.807, 2.05) is 43.8 Å². The van der Waals surface area contributed by atoms with E-state index < -0.39 is 0 Å². The first-order valence-corrected chi connectivity index (χ1v) is 7.53. The third-order valence-corrected chi connectivity index (χ3v) is 3.22. The molecule has 0 unspecified atom stereocenters. The molecule has 0 aromatic heterocycles. The van der Waals surface area contributed by atoms with Gasteiger partial charge in [0.1, 0.15) is 5.75 Å². The Morgan fingerprint density at radius 2 is 2.28 bits per heavy atom. The fourth-order valence-electron chi connectivity index (χ4n) is 1.54. The van der Waals surface area contributed by atoms with Crippen molar-refractivity contribution in [3.63, 3.8) is 0 Å². The molecular formula is C15H23NOS. The average molecular weight is 265 g/mol. The van der Waals surface area contributed by atoms with Crippen molar-refractivity contribution in [3.05, 3.63) is 42.5 Å². The van der Waals surface area contributed by atoms with E-state index in [1.165, 1.54) is 5.56 Å². The van der Waals surface area contributed by atoms with Crippen molar-refractivity contribution >= 4 is 11.8 Å². The summed E-state index contributed by atoms with van der Waals surface area (Å²) in [5, 5.41) is 3.43. The predicted octanol–water partition coefficient (Wildman–Crippen LogP) is 3.48. The SMILES string of the molecule is C=CCSCCNCc1cccc(OC(C)C)c1. The lowest BCUT2D eigenvalue weighted by atomic mass is 10.2. The van der Waals surface area contributed by atoms with Crippen LogP contribution in [0.5, 0.6) is 5.75 Å². The molecule has 2 nitrogen and oxygen atoms in total. The molecule has 0 saturated carbocycles. The van der Waals surface area contributed by atoms with Crippen LogP contribution in [0.15, 0.2) is 36.9 Å². The summed E-state index contributed by atoms with van der Waals surface area (Å²) in [7, 11) is 0. The summed E-state index contributed by atoms with van der Waals surface area (Å²) in [6.07, 6.45) is 2.17. The third kappa shape index (κ3) is 6.72. The number of thioether (sulfide) groups is 1. The number of hydrogen-bond acceptors (Lipinski definition) is 3. The van der Waals surface area contributed by atoms with Crippen LogP contribution in [0.25, 0.3) is 0 Å². The lowest BCUT2D eigenvalue weighted by Crippen LogP contribution is -2.16. The Bertz CT molecular complexity index is 352. The monoisotopic (exact) mass is 265 g/mol. The van der Waals surface area contributed by atoms with E-state index >= 15 is 0 Å². The average Bonchev–Trinajstić information content (AvgIpc) is 2.33. The molecule has 1 aromatic rings. The largest absolute Gasteiger partial charge is 0.491 e. The summed E-state index contributed by atoms with van der Waals surface area (Å²) in [6.45, 7) is 9.71. The molecule has 0 spiro atoms.